The number of halogens is 1. The van der Waals surface area contributed by atoms with Crippen LogP contribution in [0, 0.1) is 19.7 Å². The third-order valence-corrected chi connectivity index (χ3v) is 3.00. The Hall–Kier alpha value is -2.03. The molecule has 0 fully saturated rings. The van der Waals surface area contributed by atoms with Crippen molar-refractivity contribution in [2.24, 2.45) is 0 Å². The molecule has 0 bridgehead atoms. The highest BCUT2D eigenvalue weighted by Crippen LogP contribution is 2.23. The van der Waals surface area contributed by atoms with Crippen LogP contribution in [0.3, 0.4) is 0 Å². The Balaban J connectivity index is 2.11. The van der Waals surface area contributed by atoms with Gasteiger partial charge in [0.25, 0.3) is 0 Å². The maximum Gasteiger partial charge on any atom is 0.169 e. The first-order valence-corrected chi connectivity index (χ1v) is 5.92. The van der Waals surface area contributed by atoms with Gasteiger partial charge in [0.2, 0.25) is 0 Å². The standard InChI is InChI=1S/C15H17FN2/c1-10-3-6-12(7-4-10)9-18-13-8-5-11(2)15(17)14(13)16/h3-8,18H,9,17H2,1-2H3. The van der Waals surface area contributed by atoms with Gasteiger partial charge < -0.3 is 11.1 Å². The van der Waals surface area contributed by atoms with Gasteiger partial charge in [-0.2, -0.15) is 0 Å². The molecule has 0 atom stereocenters. The summed E-state index contributed by atoms with van der Waals surface area (Å²) in [5, 5.41) is 3.06. The van der Waals surface area contributed by atoms with Gasteiger partial charge in [-0.25, -0.2) is 4.39 Å². The van der Waals surface area contributed by atoms with Crippen molar-refractivity contribution in [1.29, 1.82) is 0 Å². The average molecular weight is 244 g/mol. The Labute approximate surface area is 107 Å². The molecule has 2 aromatic rings. The van der Waals surface area contributed by atoms with Crippen LogP contribution in [0.4, 0.5) is 15.8 Å². The number of rotatable bonds is 3. The number of benzene rings is 2. The van der Waals surface area contributed by atoms with E-state index in [1.165, 1.54) is 5.56 Å². The van der Waals surface area contributed by atoms with Crippen LogP contribution in [0.2, 0.25) is 0 Å². The summed E-state index contributed by atoms with van der Waals surface area (Å²) in [5.74, 6) is -0.373. The van der Waals surface area contributed by atoms with Gasteiger partial charge in [0.15, 0.2) is 5.82 Å². The van der Waals surface area contributed by atoms with Crippen molar-refractivity contribution in [2.45, 2.75) is 20.4 Å². The third kappa shape index (κ3) is 2.62. The molecule has 0 aliphatic heterocycles. The lowest BCUT2D eigenvalue weighted by Gasteiger charge is -2.10. The van der Waals surface area contributed by atoms with Crippen molar-refractivity contribution >= 4 is 11.4 Å². The van der Waals surface area contributed by atoms with Crippen molar-refractivity contribution in [3.8, 4) is 0 Å². The number of nitrogen functional groups attached to an aromatic ring is 1. The second kappa shape index (κ2) is 5.08. The monoisotopic (exact) mass is 244 g/mol. The number of nitrogens with two attached hydrogens (primary N) is 1. The van der Waals surface area contributed by atoms with Crippen LogP contribution in [0.15, 0.2) is 36.4 Å². The summed E-state index contributed by atoms with van der Waals surface area (Å²) in [6.07, 6.45) is 0. The van der Waals surface area contributed by atoms with Crippen molar-refractivity contribution in [2.75, 3.05) is 11.1 Å². The van der Waals surface area contributed by atoms with Gasteiger partial charge in [-0.05, 0) is 31.0 Å². The van der Waals surface area contributed by atoms with Gasteiger partial charge in [-0.15, -0.1) is 0 Å². The largest absolute Gasteiger partial charge is 0.396 e. The summed E-state index contributed by atoms with van der Waals surface area (Å²) in [6, 6.07) is 11.7. The smallest absolute Gasteiger partial charge is 0.169 e. The molecule has 2 rings (SSSR count). The molecular weight excluding hydrogens is 227 g/mol. The van der Waals surface area contributed by atoms with E-state index in [2.05, 4.69) is 5.32 Å². The molecule has 0 spiro atoms. The van der Waals surface area contributed by atoms with Crippen LogP contribution < -0.4 is 11.1 Å². The number of hydrogen-bond acceptors (Lipinski definition) is 2. The Bertz CT molecular complexity index is 547. The molecule has 0 saturated heterocycles. The highest BCUT2D eigenvalue weighted by Gasteiger charge is 2.07. The lowest BCUT2D eigenvalue weighted by atomic mass is 10.1. The van der Waals surface area contributed by atoms with E-state index in [-0.39, 0.29) is 11.5 Å². The normalized spacial score (nSPS) is 10.4. The summed E-state index contributed by atoms with van der Waals surface area (Å²) < 4.78 is 13.8. The van der Waals surface area contributed by atoms with Gasteiger partial charge in [0.05, 0.1) is 11.4 Å². The summed E-state index contributed by atoms with van der Waals surface area (Å²) in [7, 11) is 0. The quantitative estimate of drug-likeness (QED) is 0.809. The van der Waals surface area contributed by atoms with E-state index in [4.69, 9.17) is 5.73 Å². The molecule has 3 N–H and O–H groups in total. The molecule has 0 aromatic heterocycles. The molecule has 0 aliphatic rings. The molecule has 0 amide bonds. The molecule has 0 radical (unpaired) electrons. The maximum absolute atomic E-state index is 13.8. The van der Waals surface area contributed by atoms with E-state index >= 15 is 0 Å². The summed E-state index contributed by atoms with van der Waals surface area (Å²) >= 11 is 0. The van der Waals surface area contributed by atoms with E-state index in [1.54, 1.807) is 13.0 Å². The minimum atomic E-state index is -0.373. The van der Waals surface area contributed by atoms with Gasteiger partial charge in [-0.1, -0.05) is 35.9 Å². The second-order valence-electron chi connectivity index (χ2n) is 4.50. The fourth-order valence-corrected chi connectivity index (χ4v) is 1.73. The lowest BCUT2D eigenvalue weighted by Crippen LogP contribution is -2.04. The van der Waals surface area contributed by atoms with Crippen molar-refractivity contribution < 1.29 is 4.39 Å². The fourth-order valence-electron chi connectivity index (χ4n) is 1.73. The maximum atomic E-state index is 13.8. The Morgan fingerprint density at radius 1 is 1.06 bits per heavy atom. The molecule has 0 unspecified atom stereocenters. The molecule has 0 aliphatic carbocycles. The van der Waals surface area contributed by atoms with Gasteiger partial charge in [0, 0.05) is 6.54 Å². The van der Waals surface area contributed by atoms with Crippen LogP contribution in [0.1, 0.15) is 16.7 Å². The van der Waals surface area contributed by atoms with Crippen LogP contribution in [0.5, 0.6) is 0 Å². The first-order chi connectivity index (χ1) is 8.58. The molecule has 0 saturated carbocycles. The minimum Gasteiger partial charge on any atom is -0.396 e. The molecule has 0 heterocycles. The summed E-state index contributed by atoms with van der Waals surface area (Å²) in [6.45, 7) is 4.42. The molecule has 94 valence electrons. The zero-order chi connectivity index (χ0) is 13.1. The lowest BCUT2D eigenvalue weighted by molar-refractivity contribution is 0.634. The predicted molar refractivity (Wildman–Crippen MR) is 74.1 cm³/mol. The number of anilines is 2. The van der Waals surface area contributed by atoms with E-state index in [9.17, 15) is 4.39 Å². The zero-order valence-corrected chi connectivity index (χ0v) is 10.6. The topological polar surface area (TPSA) is 38.0 Å². The van der Waals surface area contributed by atoms with E-state index in [0.29, 0.717) is 12.2 Å². The summed E-state index contributed by atoms with van der Waals surface area (Å²) in [5.41, 5.74) is 9.39. The highest BCUT2D eigenvalue weighted by molar-refractivity contribution is 5.60. The zero-order valence-electron chi connectivity index (χ0n) is 10.6. The number of hydrogen-bond donors (Lipinski definition) is 2. The molecular formula is C15H17FN2. The predicted octanol–water partition coefficient (Wildman–Crippen LogP) is 3.64. The Morgan fingerprint density at radius 3 is 2.39 bits per heavy atom. The Kier molecular flexibility index (Phi) is 3.51. The molecule has 3 heteroatoms. The van der Waals surface area contributed by atoms with Crippen LogP contribution in [-0.4, -0.2) is 0 Å². The second-order valence-corrected chi connectivity index (χ2v) is 4.50. The fraction of sp³-hybridized carbons (Fsp3) is 0.200. The third-order valence-electron chi connectivity index (χ3n) is 3.00. The van der Waals surface area contributed by atoms with Crippen molar-refractivity contribution in [3.63, 3.8) is 0 Å². The van der Waals surface area contributed by atoms with Gasteiger partial charge >= 0.3 is 0 Å². The SMILES string of the molecule is Cc1ccc(CNc2ccc(C)c(N)c2F)cc1. The van der Waals surface area contributed by atoms with Crippen molar-refractivity contribution in [1.82, 2.24) is 0 Å². The minimum absolute atomic E-state index is 0.212. The summed E-state index contributed by atoms with van der Waals surface area (Å²) in [4.78, 5) is 0. The highest BCUT2D eigenvalue weighted by atomic mass is 19.1. The average Bonchev–Trinajstić information content (AvgIpc) is 2.37. The Morgan fingerprint density at radius 2 is 1.72 bits per heavy atom. The van der Waals surface area contributed by atoms with E-state index < -0.39 is 0 Å². The van der Waals surface area contributed by atoms with Crippen LogP contribution in [0.25, 0.3) is 0 Å². The molecule has 18 heavy (non-hydrogen) atoms. The number of nitrogens with one attached hydrogen (secondary N) is 1. The first-order valence-electron chi connectivity index (χ1n) is 5.92. The van der Waals surface area contributed by atoms with Crippen molar-refractivity contribution in [3.05, 3.63) is 58.9 Å². The van der Waals surface area contributed by atoms with Crippen LogP contribution >= 0.6 is 0 Å². The van der Waals surface area contributed by atoms with Gasteiger partial charge in [0.1, 0.15) is 0 Å². The van der Waals surface area contributed by atoms with Crippen LogP contribution in [-0.2, 0) is 6.54 Å². The number of aryl methyl sites for hydroxylation is 2. The van der Waals surface area contributed by atoms with E-state index in [0.717, 1.165) is 11.1 Å². The first kappa shape index (κ1) is 12.4. The van der Waals surface area contributed by atoms with Gasteiger partial charge in [-0.3, -0.25) is 0 Å². The molecule has 2 nitrogen and oxygen atoms in total. The molecule has 2 aromatic carbocycles. The van der Waals surface area contributed by atoms with E-state index in [1.807, 2.05) is 37.3 Å².